The number of carbonyl (C=O) groups is 2. The van der Waals surface area contributed by atoms with Crippen LogP contribution in [-0.4, -0.2) is 40.6 Å². The molecule has 2 fully saturated rings. The number of para-hydroxylation sites is 1. The second-order valence-corrected chi connectivity index (χ2v) is 9.57. The predicted octanol–water partition coefficient (Wildman–Crippen LogP) is 3.64. The van der Waals surface area contributed by atoms with E-state index >= 15 is 0 Å². The Morgan fingerprint density at radius 2 is 1.86 bits per heavy atom. The molecule has 1 aliphatic heterocycles. The number of nitriles is 1. The van der Waals surface area contributed by atoms with Crippen LogP contribution in [0.25, 0.3) is 0 Å². The Morgan fingerprint density at radius 3 is 2.62 bits per heavy atom. The zero-order chi connectivity index (χ0) is 26.2. The molecule has 1 heterocycles. The number of nitrogens with one attached hydrogen (secondary N) is 2. The van der Waals surface area contributed by atoms with Gasteiger partial charge in [0.05, 0.1) is 23.4 Å². The van der Waals surface area contributed by atoms with Crippen LogP contribution < -0.4 is 16.4 Å². The number of amides is 3. The molecule has 8 nitrogen and oxygen atoms in total. The lowest BCUT2D eigenvalue weighted by Crippen LogP contribution is -2.45. The lowest BCUT2D eigenvalue weighted by Gasteiger charge is -2.24. The molecule has 9 heteroatoms. The maximum Gasteiger partial charge on any atom is 0.322 e. The van der Waals surface area contributed by atoms with Gasteiger partial charge in [-0.15, -0.1) is 0 Å². The molecule has 0 radical (unpaired) electrons. The van der Waals surface area contributed by atoms with Gasteiger partial charge < -0.3 is 26.4 Å². The molecule has 2 unspecified atom stereocenters. The van der Waals surface area contributed by atoms with Crippen molar-refractivity contribution in [3.8, 4) is 6.07 Å². The summed E-state index contributed by atoms with van der Waals surface area (Å²) in [6, 6.07) is 21.0. The molecule has 0 bridgehead atoms. The van der Waals surface area contributed by atoms with Gasteiger partial charge >= 0.3 is 6.03 Å². The zero-order valence-corrected chi connectivity index (χ0v) is 19.9. The number of likely N-dealkylation sites (tertiary alicyclic amines) is 1. The molecule has 3 amide bonds. The van der Waals surface area contributed by atoms with Gasteiger partial charge in [-0.05, 0) is 53.9 Å². The van der Waals surface area contributed by atoms with E-state index in [1.807, 2.05) is 12.1 Å². The van der Waals surface area contributed by atoms with Crippen LogP contribution in [0.2, 0.25) is 0 Å². The van der Waals surface area contributed by atoms with E-state index in [1.54, 1.807) is 54.6 Å². The number of rotatable bonds is 5. The Morgan fingerprint density at radius 1 is 1.08 bits per heavy atom. The molecule has 3 aromatic rings. The molecule has 5 rings (SSSR count). The van der Waals surface area contributed by atoms with Crippen molar-refractivity contribution in [1.29, 1.82) is 5.26 Å². The third kappa shape index (κ3) is 4.89. The minimum absolute atomic E-state index is 0.0151. The number of hydrogen-bond donors (Lipinski definition) is 4. The molecule has 2 aliphatic rings. The van der Waals surface area contributed by atoms with Crippen molar-refractivity contribution >= 4 is 23.3 Å². The van der Waals surface area contributed by atoms with Crippen molar-refractivity contribution in [2.24, 2.45) is 5.73 Å². The van der Waals surface area contributed by atoms with Crippen LogP contribution >= 0.6 is 0 Å². The van der Waals surface area contributed by atoms with Gasteiger partial charge in [-0.3, -0.25) is 4.79 Å². The van der Waals surface area contributed by atoms with Crippen molar-refractivity contribution in [1.82, 2.24) is 4.90 Å². The smallest absolute Gasteiger partial charge is 0.322 e. The predicted molar refractivity (Wildman–Crippen MR) is 136 cm³/mol. The van der Waals surface area contributed by atoms with Gasteiger partial charge in [0.1, 0.15) is 11.9 Å². The number of β-amino-alcohol motifs (C(OH)–C–C–N with tert-alkyl or cyclic N) is 1. The number of aliphatic hydroxyl groups excluding tert-OH is 1. The van der Waals surface area contributed by atoms with E-state index in [-0.39, 0.29) is 24.6 Å². The number of nitrogens with two attached hydrogens (primary N) is 1. The Kier molecular flexibility index (Phi) is 6.38. The quantitative estimate of drug-likeness (QED) is 0.426. The average Bonchev–Trinajstić information content (AvgIpc) is 3.44. The topological polar surface area (TPSA) is 131 Å². The van der Waals surface area contributed by atoms with E-state index in [0.717, 1.165) is 11.1 Å². The first-order valence-electron chi connectivity index (χ1n) is 12.0. The van der Waals surface area contributed by atoms with Crippen LogP contribution in [0, 0.1) is 17.1 Å². The second-order valence-electron chi connectivity index (χ2n) is 9.57. The van der Waals surface area contributed by atoms with Crippen molar-refractivity contribution < 1.29 is 19.1 Å². The summed E-state index contributed by atoms with van der Waals surface area (Å²) in [5.74, 6) is -1.32. The molecule has 0 spiro atoms. The van der Waals surface area contributed by atoms with E-state index in [0.29, 0.717) is 17.7 Å². The fourth-order valence-corrected chi connectivity index (χ4v) is 4.97. The van der Waals surface area contributed by atoms with Gasteiger partial charge in [0.2, 0.25) is 5.91 Å². The highest BCUT2D eigenvalue weighted by Gasteiger charge is 2.53. The molecular weight excluding hydrogens is 473 g/mol. The summed E-state index contributed by atoms with van der Waals surface area (Å²) in [5, 5.41) is 24.7. The standard InChI is InChI=1S/C28H26FN5O3/c29-23-10-9-18(22-14-28(22,31)19-6-4-5-17(11-19)15-30)12-24(23)33-26(36)25-13-21(35)16-34(25)27(37)32-20-7-2-1-3-8-20/h1-12,21-22,25,35H,13-14,16,31H2,(H,32,37)(H,33,36)/t21-,22?,25-,28?/m1/s1. The van der Waals surface area contributed by atoms with Crippen molar-refractivity contribution in [3.63, 3.8) is 0 Å². The molecule has 37 heavy (non-hydrogen) atoms. The van der Waals surface area contributed by atoms with Gasteiger partial charge in [0.15, 0.2) is 0 Å². The third-order valence-electron chi connectivity index (χ3n) is 7.05. The molecule has 1 saturated heterocycles. The first kappa shape index (κ1) is 24.4. The maximum atomic E-state index is 14.7. The lowest BCUT2D eigenvalue weighted by atomic mass is 9.97. The van der Waals surface area contributed by atoms with Crippen LogP contribution in [-0.2, 0) is 10.3 Å². The van der Waals surface area contributed by atoms with Crippen molar-refractivity contribution in [2.45, 2.75) is 36.4 Å². The molecule has 5 N–H and O–H groups in total. The fraction of sp³-hybridized carbons (Fsp3) is 0.250. The van der Waals surface area contributed by atoms with E-state index in [9.17, 15) is 24.3 Å². The van der Waals surface area contributed by atoms with Crippen LogP contribution in [0.3, 0.4) is 0 Å². The molecule has 188 valence electrons. The van der Waals surface area contributed by atoms with E-state index < -0.39 is 35.4 Å². The number of carbonyl (C=O) groups excluding carboxylic acids is 2. The van der Waals surface area contributed by atoms with Gasteiger partial charge in [-0.2, -0.15) is 5.26 Å². The Bertz CT molecular complexity index is 1390. The summed E-state index contributed by atoms with van der Waals surface area (Å²) in [4.78, 5) is 27.2. The maximum absolute atomic E-state index is 14.7. The van der Waals surface area contributed by atoms with Crippen molar-refractivity contribution in [3.05, 3.63) is 95.3 Å². The normalized spacial score (nSPS) is 24.3. The number of nitrogens with zero attached hydrogens (tertiary/aromatic N) is 2. The highest BCUT2D eigenvalue weighted by Crippen LogP contribution is 2.56. The third-order valence-corrected chi connectivity index (χ3v) is 7.05. The van der Waals surface area contributed by atoms with E-state index in [1.165, 1.54) is 11.0 Å². The summed E-state index contributed by atoms with van der Waals surface area (Å²) < 4.78 is 14.7. The summed E-state index contributed by atoms with van der Waals surface area (Å²) in [6.45, 7) is -0.0151. The van der Waals surface area contributed by atoms with Crippen LogP contribution in [0.1, 0.15) is 35.4 Å². The number of urea groups is 1. The number of aliphatic hydroxyl groups is 1. The number of hydrogen-bond acceptors (Lipinski definition) is 5. The highest BCUT2D eigenvalue weighted by molar-refractivity contribution is 5.99. The summed E-state index contributed by atoms with van der Waals surface area (Å²) >= 11 is 0. The van der Waals surface area contributed by atoms with Gasteiger partial charge in [-0.25, -0.2) is 9.18 Å². The Balaban J connectivity index is 1.31. The van der Waals surface area contributed by atoms with Gasteiger partial charge in [0, 0.05) is 30.1 Å². The van der Waals surface area contributed by atoms with Gasteiger partial charge in [-0.1, -0.05) is 36.4 Å². The molecule has 0 aromatic heterocycles. The first-order valence-corrected chi connectivity index (χ1v) is 12.0. The molecule has 3 aromatic carbocycles. The minimum atomic E-state index is -0.968. The summed E-state index contributed by atoms with van der Waals surface area (Å²) in [7, 11) is 0. The monoisotopic (exact) mass is 499 g/mol. The summed E-state index contributed by atoms with van der Waals surface area (Å²) in [5.41, 5.74) is 8.56. The number of halogens is 1. The fourth-order valence-electron chi connectivity index (χ4n) is 4.97. The number of anilines is 2. The van der Waals surface area contributed by atoms with Crippen molar-refractivity contribution in [2.75, 3.05) is 17.2 Å². The molecule has 1 saturated carbocycles. The Labute approximate surface area is 213 Å². The zero-order valence-electron chi connectivity index (χ0n) is 19.9. The van der Waals surface area contributed by atoms with Crippen LogP contribution in [0.5, 0.6) is 0 Å². The van der Waals surface area contributed by atoms with Crippen LogP contribution in [0.4, 0.5) is 20.6 Å². The molecule has 1 aliphatic carbocycles. The first-order chi connectivity index (χ1) is 17.8. The minimum Gasteiger partial charge on any atom is -0.391 e. The highest BCUT2D eigenvalue weighted by atomic mass is 19.1. The largest absolute Gasteiger partial charge is 0.391 e. The van der Waals surface area contributed by atoms with Crippen LogP contribution in [0.15, 0.2) is 72.8 Å². The van der Waals surface area contributed by atoms with E-state index in [2.05, 4.69) is 16.7 Å². The number of benzene rings is 3. The average molecular weight is 500 g/mol. The Hall–Kier alpha value is -4.26. The molecular formula is C28H26FN5O3. The summed E-state index contributed by atoms with van der Waals surface area (Å²) in [6.07, 6.45) is -0.218. The second kappa shape index (κ2) is 9.65. The SMILES string of the molecule is N#Cc1cccc(C2(N)CC2c2ccc(F)c(NC(=O)[C@H]3C[C@@H](O)CN3C(=O)Nc3ccccc3)c2)c1. The molecule has 4 atom stereocenters. The lowest BCUT2D eigenvalue weighted by molar-refractivity contribution is -0.119. The van der Waals surface area contributed by atoms with E-state index in [4.69, 9.17) is 5.73 Å². The van der Waals surface area contributed by atoms with Gasteiger partial charge in [0.25, 0.3) is 0 Å².